The second-order valence-corrected chi connectivity index (χ2v) is 4.71. The van der Waals surface area contributed by atoms with E-state index in [0.717, 1.165) is 7.11 Å². The van der Waals surface area contributed by atoms with Crippen molar-refractivity contribution in [3.63, 3.8) is 0 Å². The summed E-state index contributed by atoms with van der Waals surface area (Å²) in [6.07, 6.45) is 0. The highest BCUT2D eigenvalue weighted by molar-refractivity contribution is 6.22. The van der Waals surface area contributed by atoms with Crippen LogP contribution in [-0.2, 0) is 9.53 Å². The molecule has 0 fully saturated rings. The highest BCUT2D eigenvalue weighted by Crippen LogP contribution is 2.32. The van der Waals surface area contributed by atoms with Gasteiger partial charge in [-0.3, -0.25) is 4.79 Å². The summed E-state index contributed by atoms with van der Waals surface area (Å²) in [5, 5.41) is -1.06. The van der Waals surface area contributed by atoms with Gasteiger partial charge in [0.15, 0.2) is 0 Å². The number of carbonyl (C=O) groups is 1. The molecule has 112 valence electrons. The van der Waals surface area contributed by atoms with E-state index in [2.05, 4.69) is 10.1 Å². The van der Waals surface area contributed by atoms with Crippen LogP contribution >= 0.6 is 11.6 Å². The molecule has 1 N–H and O–H groups in total. The first-order valence-corrected chi connectivity index (χ1v) is 6.22. The van der Waals surface area contributed by atoms with Crippen molar-refractivity contribution in [2.45, 2.75) is 18.3 Å². The zero-order valence-corrected chi connectivity index (χ0v) is 12.1. The first kappa shape index (κ1) is 16.5. The molecule has 1 rings (SSSR count). The number of halogens is 3. The Morgan fingerprint density at radius 1 is 1.30 bits per heavy atom. The Kier molecular flexibility index (Phi) is 5.56. The lowest BCUT2D eigenvalue weighted by Gasteiger charge is -2.27. The molecule has 1 aromatic rings. The molecular formula is C13H16ClF2NO3. The molecule has 0 aliphatic heterocycles. The van der Waals surface area contributed by atoms with Crippen molar-refractivity contribution < 1.29 is 23.0 Å². The SMILES string of the molecule is COC(=O)[C@H](C)[C@@H](Nc1ccc(OC)cc1)C(F)(F)Cl. The largest absolute Gasteiger partial charge is 0.497 e. The molecule has 0 aromatic heterocycles. The number of nitrogens with one attached hydrogen (secondary N) is 1. The molecule has 1 aromatic carbocycles. The molecule has 0 saturated heterocycles. The number of esters is 1. The van der Waals surface area contributed by atoms with Gasteiger partial charge in [-0.2, -0.15) is 8.78 Å². The minimum Gasteiger partial charge on any atom is -0.497 e. The first-order chi connectivity index (χ1) is 9.29. The summed E-state index contributed by atoms with van der Waals surface area (Å²) in [6.45, 7) is 1.32. The maximum atomic E-state index is 13.4. The van der Waals surface area contributed by atoms with Crippen LogP contribution in [0.3, 0.4) is 0 Å². The lowest BCUT2D eigenvalue weighted by molar-refractivity contribution is -0.147. The number of anilines is 1. The van der Waals surface area contributed by atoms with Crippen LogP contribution < -0.4 is 10.1 Å². The van der Waals surface area contributed by atoms with Gasteiger partial charge in [0.25, 0.3) is 0 Å². The third-order valence-corrected chi connectivity index (χ3v) is 3.07. The van der Waals surface area contributed by atoms with Gasteiger partial charge in [0.2, 0.25) is 0 Å². The van der Waals surface area contributed by atoms with E-state index in [1.165, 1.54) is 14.0 Å². The van der Waals surface area contributed by atoms with Crippen LogP contribution in [0.25, 0.3) is 0 Å². The molecule has 2 atom stereocenters. The molecule has 0 bridgehead atoms. The van der Waals surface area contributed by atoms with E-state index in [1.54, 1.807) is 24.3 Å². The van der Waals surface area contributed by atoms with E-state index in [1.807, 2.05) is 0 Å². The van der Waals surface area contributed by atoms with Gasteiger partial charge in [0.05, 0.1) is 20.1 Å². The van der Waals surface area contributed by atoms with Crippen molar-refractivity contribution in [3.8, 4) is 5.75 Å². The van der Waals surface area contributed by atoms with E-state index >= 15 is 0 Å². The standard InChI is InChI=1S/C13H16ClF2NO3/c1-8(12(18)20-3)11(13(14,15)16)17-9-4-6-10(19-2)7-5-9/h4-8,11,17H,1-3H3/t8-,11-/m1/s1. The number of rotatable bonds is 6. The number of hydrogen-bond donors (Lipinski definition) is 1. The fourth-order valence-corrected chi connectivity index (χ4v) is 1.92. The zero-order chi connectivity index (χ0) is 15.3. The van der Waals surface area contributed by atoms with Crippen molar-refractivity contribution >= 4 is 23.3 Å². The second kappa shape index (κ2) is 6.74. The lowest BCUT2D eigenvalue weighted by Crippen LogP contribution is -2.44. The molecular weight excluding hydrogens is 292 g/mol. The highest BCUT2D eigenvalue weighted by atomic mass is 35.5. The Morgan fingerprint density at radius 2 is 1.85 bits per heavy atom. The molecule has 7 heteroatoms. The van der Waals surface area contributed by atoms with Crippen molar-refractivity contribution in [2.75, 3.05) is 19.5 Å². The molecule has 0 heterocycles. The van der Waals surface area contributed by atoms with Gasteiger partial charge in [-0.25, -0.2) is 0 Å². The van der Waals surface area contributed by atoms with Gasteiger partial charge in [-0.1, -0.05) is 0 Å². The predicted molar refractivity (Wildman–Crippen MR) is 72.4 cm³/mol. The van der Waals surface area contributed by atoms with Gasteiger partial charge in [0, 0.05) is 5.69 Å². The topological polar surface area (TPSA) is 47.6 Å². The Balaban J connectivity index is 2.92. The minimum absolute atomic E-state index is 0.395. The summed E-state index contributed by atoms with van der Waals surface area (Å²) in [7, 11) is 2.63. The Morgan fingerprint density at radius 3 is 2.25 bits per heavy atom. The fourth-order valence-electron chi connectivity index (χ4n) is 1.68. The van der Waals surface area contributed by atoms with Gasteiger partial charge < -0.3 is 14.8 Å². The predicted octanol–water partition coefficient (Wildman–Crippen LogP) is 3.12. The molecule has 0 amide bonds. The van der Waals surface area contributed by atoms with Crippen molar-refractivity contribution in [2.24, 2.45) is 5.92 Å². The number of ether oxygens (including phenoxy) is 2. The third-order valence-electron chi connectivity index (χ3n) is 2.84. The van der Waals surface area contributed by atoms with E-state index in [4.69, 9.17) is 16.3 Å². The summed E-state index contributed by atoms with van der Waals surface area (Å²) in [5.41, 5.74) is 0.395. The van der Waals surface area contributed by atoms with Crippen LogP contribution in [-0.4, -0.2) is 31.6 Å². The van der Waals surface area contributed by atoms with Crippen LogP contribution in [0.4, 0.5) is 14.5 Å². The van der Waals surface area contributed by atoms with E-state index in [0.29, 0.717) is 11.4 Å². The molecule has 0 radical (unpaired) electrons. The van der Waals surface area contributed by atoms with Gasteiger partial charge >= 0.3 is 11.4 Å². The van der Waals surface area contributed by atoms with Crippen molar-refractivity contribution in [1.29, 1.82) is 0 Å². The number of carbonyl (C=O) groups excluding carboxylic acids is 1. The molecule has 20 heavy (non-hydrogen) atoms. The van der Waals surface area contributed by atoms with E-state index < -0.39 is 23.3 Å². The van der Waals surface area contributed by atoms with E-state index in [9.17, 15) is 13.6 Å². The average molecular weight is 308 g/mol. The Bertz CT molecular complexity index is 448. The van der Waals surface area contributed by atoms with Crippen LogP contribution in [0.2, 0.25) is 0 Å². The molecule has 0 saturated carbocycles. The molecule has 4 nitrogen and oxygen atoms in total. The summed E-state index contributed by atoms with van der Waals surface area (Å²) < 4.78 is 36.3. The minimum atomic E-state index is -3.60. The van der Waals surface area contributed by atoms with Crippen LogP contribution in [0.5, 0.6) is 5.75 Å². The molecule has 0 aliphatic carbocycles. The lowest BCUT2D eigenvalue weighted by atomic mass is 10.0. The fraction of sp³-hybridized carbons (Fsp3) is 0.462. The Hall–Kier alpha value is -1.56. The molecule has 0 unspecified atom stereocenters. The van der Waals surface area contributed by atoms with Gasteiger partial charge in [-0.15, -0.1) is 0 Å². The van der Waals surface area contributed by atoms with Crippen LogP contribution in [0.15, 0.2) is 24.3 Å². The van der Waals surface area contributed by atoms with Gasteiger partial charge in [-0.05, 0) is 42.8 Å². The normalized spacial score (nSPS) is 14.3. The summed E-state index contributed by atoms with van der Waals surface area (Å²) in [5.74, 6) is -1.29. The first-order valence-electron chi connectivity index (χ1n) is 5.84. The zero-order valence-electron chi connectivity index (χ0n) is 11.3. The monoisotopic (exact) mass is 307 g/mol. The smallest absolute Gasteiger partial charge is 0.342 e. The molecule has 0 spiro atoms. The van der Waals surface area contributed by atoms with Gasteiger partial charge in [0.1, 0.15) is 11.8 Å². The third kappa shape index (κ3) is 4.23. The summed E-state index contributed by atoms with van der Waals surface area (Å²) in [6, 6.07) is 4.73. The Labute approximate surface area is 121 Å². The molecule has 0 aliphatic rings. The van der Waals surface area contributed by atoms with E-state index in [-0.39, 0.29) is 0 Å². The number of methoxy groups -OCH3 is 2. The summed E-state index contributed by atoms with van der Waals surface area (Å²) >= 11 is 5.08. The quantitative estimate of drug-likeness (QED) is 0.648. The maximum absolute atomic E-state index is 13.4. The summed E-state index contributed by atoms with van der Waals surface area (Å²) in [4.78, 5) is 11.4. The number of hydrogen-bond acceptors (Lipinski definition) is 4. The van der Waals surface area contributed by atoms with Crippen LogP contribution in [0.1, 0.15) is 6.92 Å². The highest BCUT2D eigenvalue weighted by Gasteiger charge is 2.44. The van der Waals surface area contributed by atoms with Crippen LogP contribution in [0, 0.1) is 5.92 Å². The number of alkyl halides is 3. The average Bonchev–Trinajstić information content (AvgIpc) is 2.42. The maximum Gasteiger partial charge on any atom is 0.342 e. The second-order valence-electron chi connectivity index (χ2n) is 4.20. The number of benzene rings is 1. The van der Waals surface area contributed by atoms with Crippen molar-refractivity contribution in [3.05, 3.63) is 24.3 Å². The van der Waals surface area contributed by atoms with Crippen molar-refractivity contribution in [1.82, 2.24) is 0 Å².